The number of hydrogen-bond acceptors (Lipinski definition) is 5. The predicted molar refractivity (Wildman–Crippen MR) is 66.6 cm³/mol. The van der Waals surface area contributed by atoms with Crippen molar-refractivity contribution in [3.63, 3.8) is 0 Å². The maximum absolute atomic E-state index is 13.9. The molecule has 0 unspecified atom stereocenters. The van der Waals surface area contributed by atoms with E-state index in [2.05, 4.69) is 10.3 Å². The zero-order chi connectivity index (χ0) is 12.8. The summed E-state index contributed by atoms with van der Waals surface area (Å²) in [5.41, 5.74) is 0. The van der Waals surface area contributed by atoms with E-state index in [1.807, 2.05) is 4.90 Å². The number of methoxy groups -OCH3 is 1. The van der Waals surface area contributed by atoms with Crippen LogP contribution in [0.25, 0.3) is 0 Å². The molecule has 0 spiro atoms. The maximum Gasteiger partial charge on any atom is 0.169 e. The molecule has 0 saturated carbocycles. The lowest BCUT2D eigenvalue weighted by Gasteiger charge is -2.28. The molecule has 1 saturated heterocycles. The lowest BCUT2D eigenvalue weighted by Crippen LogP contribution is -2.44. The normalized spacial score (nSPS) is 15.8. The third-order valence-corrected chi connectivity index (χ3v) is 2.77. The molecule has 0 atom stereocenters. The topological polar surface area (TPSA) is 46.6 Å². The lowest BCUT2D eigenvalue weighted by atomic mass is 10.3. The molecule has 0 radical (unpaired) electrons. The molecule has 0 aromatic carbocycles. The Morgan fingerprint density at radius 2 is 2.17 bits per heavy atom. The largest absolute Gasteiger partial charge is 0.489 e. The smallest absolute Gasteiger partial charge is 0.169 e. The van der Waals surface area contributed by atoms with E-state index < -0.39 is 0 Å². The summed E-state index contributed by atoms with van der Waals surface area (Å²) < 4.78 is 24.1. The van der Waals surface area contributed by atoms with Crippen LogP contribution in [0.4, 0.5) is 10.2 Å². The lowest BCUT2D eigenvalue weighted by molar-refractivity contribution is 0.146. The van der Waals surface area contributed by atoms with E-state index in [1.165, 1.54) is 6.07 Å². The van der Waals surface area contributed by atoms with Gasteiger partial charge in [0.15, 0.2) is 11.6 Å². The molecule has 6 heteroatoms. The van der Waals surface area contributed by atoms with Crippen LogP contribution in [0, 0.1) is 5.82 Å². The molecule has 2 heterocycles. The van der Waals surface area contributed by atoms with Gasteiger partial charge in [-0.25, -0.2) is 9.37 Å². The highest BCUT2D eigenvalue weighted by Crippen LogP contribution is 2.21. The van der Waals surface area contributed by atoms with Crippen LogP contribution in [-0.2, 0) is 4.74 Å². The molecule has 1 aliphatic rings. The predicted octanol–water partition coefficient (Wildman–Crippen LogP) is 0.655. The first kappa shape index (κ1) is 13.0. The monoisotopic (exact) mass is 255 g/mol. The van der Waals surface area contributed by atoms with E-state index in [1.54, 1.807) is 13.3 Å². The first-order chi connectivity index (χ1) is 8.81. The van der Waals surface area contributed by atoms with Gasteiger partial charge in [0.1, 0.15) is 12.4 Å². The Morgan fingerprint density at radius 1 is 1.39 bits per heavy atom. The van der Waals surface area contributed by atoms with Gasteiger partial charge in [-0.2, -0.15) is 0 Å². The Morgan fingerprint density at radius 3 is 2.83 bits per heavy atom. The molecular formula is C12H18FN3O2. The van der Waals surface area contributed by atoms with Crippen molar-refractivity contribution in [2.24, 2.45) is 0 Å². The third kappa shape index (κ3) is 3.30. The number of hydrogen-bond donors (Lipinski definition) is 1. The zero-order valence-corrected chi connectivity index (χ0v) is 10.5. The molecule has 0 amide bonds. The van der Waals surface area contributed by atoms with Gasteiger partial charge in [-0.3, -0.25) is 0 Å². The van der Waals surface area contributed by atoms with Crippen LogP contribution in [0.3, 0.4) is 0 Å². The molecule has 0 bridgehead atoms. The van der Waals surface area contributed by atoms with Gasteiger partial charge in [-0.15, -0.1) is 0 Å². The molecule has 1 aromatic heterocycles. The Hall–Kier alpha value is -1.40. The van der Waals surface area contributed by atoms with Gasteiger partial charge in [-0.05, 0) is 0 Å². The van der Waals surface area contributed by atoms with Crippen molar-refractivity contribution < 1.29 is 13.9 Å². The van der Waals surface area contributed by atoms with Gasteiger partial charge in [-0.1, -0.05) is 0 Å². The first-order valence-corrected chi connectivity index (χ1v) is 6.04. The maximum atomic E-state index is 13.9. The number of halogens is 1. The van der Waals surface area contributed by atoms with Crippen molar-refractivity contribution in [2.45, 2.75) is 0 Å². The first-order valence-electron chi connectivity index (χ1n) is 6.04. The standard InChI is InChI=1S/C12H18FN3O2/c1-17-6-7-18-10-8-11(13)12(15-9-10)16-4-2-14-3-5-16/h8-9,14H,2-7H2,1H3. The van der Waals surface area contributed by atoms with Gasteiger partial charge in [0.25, 0.3) is 0 Å². The summed E-state index contributed by atoms with van der Waals surface area (Å²) in [5.74, 6) is 0.492. The van der Waals surface area contributed by atoms with E-state index in [4.69, 9.17) is 9.47 Å². The van der Waals surface area contributed by atoms with Crippen LogP contribution < -0.4 is 15.0 Å². The number of aromatic nitrogens is 1. The summed E-state index contributed by atoms with van der Waals surface area (Å²) >= 11 is 0. The molecule has 0 aliphatic carbocycles. The number of pyridine rings is 1. The highest BCUT2D eigenvalue weighted by Gasteiger charge is 2.16. The van der Waals surface area contributed by atoms with Gasteiger partial charge in [0.2, 0.25) is 0 Å². The molecule has 1 N–H and O–H groups in total. The Kier molecular flexibility index (Phi) is 4.72. The second-order valence-corrected chi connectivity index (χ2v) is 4.05. The summed E-state index contributed by atoms with van der Waals surface area (Å²) in [6.07, 6.45) is 1.55. The fourth-order valence-corrected chi connectivity index (χ4v) is 1.84. The minimum Gasteiger partial charge on any atom is -0.489 e. The van der Waals surface area contributed by atoms with Crippen LogP contribution in [0.15, 0.2) is 12.3 Å². The van der Waals surface area contributed by atoms with Crippen molar-refractivity contribution in [2.75, 3.05) is 51.4 Å². The molecule has 1 fully saturated rings. The van der Waals surface area contributed by atoms with Gasteiger partial charge in [0, 0.05) is 39.4 Å². The summed E-state index contributed by atoms with van der Waals surface area (Å²) in [4.78, 5) is 6.07. The van der Waals surface area contributed by atoms with Crippen molar-refractivity contribution in [3.8, 4) is 5.75 Å². The quantitative estimate of drug-likeness (QED) is 0.783. The number of anilines is 1. The fraction of sp³-hybridized carbons (Fsp3) is 0.583. The second kappa shape index (κ2) is 6.51. The number of nitrogens with zero attached hydrogens (tertiary/aromatic N) is 2. The number of ether oxygens (including phenoxy) is 2. The van der Waals surface area contributed by atoms with E-state index >= 15 is 0 Å². The summed E-state index contributed by atoms with van der Waals surface area (Å²) in [6.45, 7) is 4.12. The average Bonchev–Trinajstić information content (AvgIpc) is 2.40. The van der Waals surface area contributed by atoms with E-state index in [0.29, 0.717) is 24.8 Å². The van der Waals surface area contributed by atoms with Gasteiger partial charge < -0.3 is 19.7 Å². The van der Waals surface area contributed by atoms with Crippen LogP contribution in [0.5, 0.6) is 5.75 Å². The minimum atomic E-state index is -0.341. The summed E-state index contributed by atoms with van der Waals surface area (Å²) in [7, 11) is 1.59. The highest BCUT2D eigenvalue weighted by molar-refractivity contribution is 5.43. The summed E-state index contributed by atoms with van der Waals surface area (Å²) in [6, 6.07) is 1.38. The fourth-order valence-electron chi connectivity index (χ4n) is 1.84. The van der Waals surface area contributed by atoms with Crippen molar-refractivity contribution >= 4 is 5.82 Å². The van der Waals surface area contributed by atoms with Crippen molar-refractivity contribution in [1.29, 1.82) is 0 Å². The molecule has 1 aliphatic heterocycles. The second-order valence-electron chi connectivity index (χ2n) is 4.05. The Bertz CT molecular complexity index is 384. The van der Waals surface area contributed by atoms with Gasteiger partial charge >= 0.3 is 0 Å². The van der Waals surface area contributed by atoms with Crippen molar-refractivity contribution in [1.82, 2.24) is 10.3 Å². The Balaban J connectivity index is 2.00. The van der Waals surface area contributed by atoms with E-state index in [9.17, 15) is 4.39 Å². The molecular weight excluding hydrogens is 237 g/mol. The molecule has 5 nitrogen and oxygen atoms in total. The van der Waals surface area contributed by atoms with Gasteiger partial charge in [0.05, 0.1) is 12.8 Å². The third-order valence-electron chi connectivity index (χ3n) is 2.77. The number of rotatable bonds is 5. The van der Waals surface area contributed by atoms with Crippen LogP contribution in [0.1, 0.15) is 0 Å². The van der Waals surface area contributed by atoms with E-state index in [-0.39, 0.29) is 5.82 Å². The number of nitrogens with one attached hydrogen (secondary N) is 1. The highest BCUT2D eigenvalue weighted by atomic mass is 19.1. The number of piperazine rings is 1. The van der Waals surface area contributed by atoms with E-state index in [0.717, 1.165) is 26.2 Å². The van der Waals surface area contributed by atoms with Crippen LogP contribution in [-0.4, -0.2) is 51.5 Å². The SMILES string of the molecule is COCCOc1cnc(N2CCNCC2)c(F)c1. The molecule has 18 heavy (non-hydrogen) atoms. The van der Waals surface area contributed by atoms with Crippen molar-refractivity contribution in [3.05, 3.63) is 18.1 Å². The Labute approximate surface area is 106 Å². The van der Waals surface area contributed by atoms with Crippen LogP contribution >= 0.6 is 0 Å². The molecule has 100 valence electrons. The average molecular weight is 255 g/mol. The summed E-state index contributed by atoms with van der Waals surface area (Å²) in [5, 5.41) is 3.22. The zero-order valence-electron chi connectivity index (χ0n) is 10.5. The van der Waals surface area contributed by atoms with Crippen LogP contribution in [0.2, 0.25) is 0 Å². The minimum absolute atomic E-state index is 0.341. The molecule has 2 rings (SSSR count). The molecule has 1 aromatic rings.